The molecule has 0 radical (unpaired) electrons. The highest BCUT2D eigenvalue weighted by Gasteiger charge is 2.26. The molecule has 8 heteroatoms. The maximum atomic E-state index is 12.3. The molecular formula is C23H25N5O3. The van der Waals surface area contributed by atoms with Crippen molar-refractivity contribution in [3.8, 4) is 11.4 Å². The Kier molecular flexibility index (Phi) is 4.62. The van der Waals surface area contributed by atoms with E-state index < -0.39 is 11.5 Å². The molecular weight excluding hydrogens is 394 g/mol. The van der Waals surface area contributed by atoms with Gasteiger partial charge in [-0.1, -0.05) is 12.1 Å². The number of amides is 1. The molecule has 0 aliphatic carbocycles. The van der Waals surface area contributed by atoms with Crippen LogP contribution in [0.5, 0.6) is 5.75 Å². The molecule has 31 heavy (non-hydrogen) atoms. The van der Waals surface area contributed by atoms with Crippen LogP contribution in [0.1, 0.15) is 40.9 Å². The van der Waals surface area contributed by atoms with Crippen molar-refractivity contribution in [3.05, 3.63) is 52.6 Å². The number of carbonyl (C=O) groups excluding carboxylic acids is 1. The van der Waals surface area contributed by atoms with Crippen molar-refractivity contribution in [1.82, 2.24) is 14.5 Å². The molecule has 160 valence electrons. The number of nitrogen functional groups attached to an aromatic ring is 1. The fourth-order valence-corrected chi connectivity index (χ4v) is 3.95. The maximum absolute atomic E-state index is 12.3. The van der Waals surface area contributed by atoms with E-state index in [-0.39, 0.29) is 11.4 Å². The summed E-state index contributed by atoms with van der Waals surface area (Å²) in [6.07, 6.45) is 0. The molecule has 4 aromatic rings. The molecule has 0 aliphatic rings. The predicted molar refractivity (Wildman–Crippen MR) is 121 cm³/mol. The Labute approximate surface area is 179 Å². The number of fused-ring (bicyclic) bond motifs is 2. The summed E-state index contributed by atoms with van der Waals surface area (Å²) >= 11 is 0. The van der Waals surface area contributed by atoms with Crippen molar-refractivity contribution in [3.63, 3.8) is 0 Å². The first-order chi connectivity index (χ1) is 14.5. The van der Waals surface area contributed by atoms with Gasteiger partial charge in [-0.15, -0.1) is 0 Å². The van der Waals surface area contributed by atoms with Crippen LogP contribution >= 0.6 is 0 Å². The van der Waals surface area contributed by atoms with Crippen LogP contribution in [-0.4, -0.2) is 32.7 Å². The van der Waals surface area contributed by atoms with Crippen LogP contribution < -0.4 is 16.2 Å². The van der Waals surface area contributed by atoms with E-state index in [9.17, 15) is 9.90 Å². The van der Waals surface area contributed by atoms with Crippen molar-refractivity contribution < 1.29 is 14.6 Å². The average Bonchev–Trinajstić information content (AvgIpc) is 2.96. The molecule has 0 unspecified atom stereocenters. The standard InChI is InChI=1S/C23H25N5O3/c1-11-6-9-16(31-5)12(2)19(11)28-20(24)17(21(25)29)18-22(28)27-15-10-13(23(3,4)30)7-8-14(15)26-18/h6-10,30H,24H2,1-5H3,(H2,25,29). The Morgan fingerprint density at radius 1 is 1.13 bits per heavy atom. The highest BCUT2D eigenvalue weighted by Crippen LogP contribution is 2.36. The van der Waals surface area contributed by atoms with E-state index in [1.165, 1.54) is 0 Å². The quantitative estimate of drug-likeness (QED) is 0.466. The normalized spacial score (nSPS) is 11.9. The molecule has 5 N–H and O–H groups in total. The molecule has 8 nitrogen and oxygen atoms in total. The van der Waals surface area contributed by atoms with E-state index in [0.29, 0.717) is 33.5 Å². The van der Waals surface area contributed by atoms with E-state index >= 15 is 0 Å². The van der Waals surface area contributed by atoms with Crippen molar-refractivity contribution in [2.45, 2.75) is 33.3 Å². The Morgan fingerprint density at radius 2 is 1.84 bits per heavy atom. The second-order valence-electron chi connectivity index (χ2n) is 8.18. The predicted octanol–water partition coefficient (Wildman–Crippen LogP) is 3.11. The van der Waals surface area contributed by atoms with E-state index in [1.807, 2.05) is 26.0 Å². The van der Waals surface area contributed by atoms with Gasteiger partial charge in [0.15, 0.2) is 5.65 Å². The molecule has 2 heterocycles. The number of aryl methyl sites for hydroxylation is 1. The summed E-state index contributed by atoms with van der Waals surface area (Å²) in [5.74, 6) is 0.168. The van der Waals surface area contributed by atoms with Crippen LogP contribution in [0.2, 0.25) is 0 Å². The topological polar surface area (TPSA) is 129 Å². The Morgan fingerprint density at radius 3 is 2.45 bits per heavy atom. The number of primary amides is 1. The third-order valence-electron chi connectivity index (χ3n) is 5.57. The fourth-order valence-electron chi connectivity index (χ4n) is 3.95. The zero-order valence-corrected chi connectivity index (χ0v) is 18.1. The number of hydrogen-bond acceptors (Lipinski definition) is 6. The molecule has 0 saturated heterocycles. The number of aromatic nitrogens is 3. The van der Waals surface area contributed by atoms with Gasteiger partial charge in [0.25, 0.3) is 5.91 Å². The third-order valence-corrected chi connectivity index (χ3v) is 5.57. The van der Waals surface area contributed by atoms with Gasteiger partial charge in [-0.2, -0.15) is 0 Å². The van der Waals surface area contributed by atoms with Crippen LogP contribution in [0.25, 0.3) is 27.9 Å². The number of hydrogen-bond donors (Lipinski definition) is 3. The minimum absolute atomic E-state index is 0.123. The molecule has 0 bridgehead atoms. The summed E-state index contributed by atoms with van der Waals surface area (Å²) in [6.45, 7) is 7.26. The van der Waals surface area contributed by atoms with Gasteiger partial charge in [0, 0.05) is 5.56 Å². The van der Waals surface area contributed by atoms with Crippen molar-refractivity contribution in [2.24, 2.45) is 5.73 Å². The van der Waals surface area contributed by atoms with E-state index in [2.05, 4.69) is 4.98 Å². The van der Waals surface area contributed by atoms with Gasteiger partial charge in [-0.05, 0) is 57.0 Å². The Hall–Kier alpha value is -3.65. The molecule has 4 rings (SSSR count). The number of benzene rings is 2. The number of methoxy groups -OCH3 is 1. The summed E-state index contributed by atoms with van der Waals surface area (Å²) in [7, 11) is 1.60. The van der Waals surface area contributed by atoms with Crippen molar-refractivity contribution >= 4 is 33.9 Å². The van der Waals surface area contributed by atoms with Gasteiger partial charge in [0.05, 0.1) is 29.4 Å². The first kappa shape index (κ1) is 20.6. The van der Waals surface area contributed by atoms with Gasteiger partial charge < -0.3 is 21.3 Å². The number of nitrogens with zero attached hydrogens (tertiary/aromatic N) is 3. The summed E-state index contributed by atoms with van der Waals surface area (Å²) in [4.78, 5) is 21.7. The van der Waals surface area contributed by atoms with E-state index in [1.54, 1.807) is 43.7 Å². The van der Waals surface area contributed by atoms with Crippen LogP contribution in [0.15, 0.2) is 30.3 Å². The molecule has 0 atom stereocenters. The first-order valence-electron chi connectivity index (χ1n) is 9.83. The van der Waals surface area contributed by atoms with Crippen LogP contribution in [-0.2, 0) is 5.60 Å². The van der Waals surface area contributed by atoms with Gasteiger partial charge in [-0.25, -0.2) is 9.97 Å². The summed E-state index contributed by atoms with van der Waals surface area (Å²) in [5, 5.41) is 10.4. The zero-order valence-electron chi connectivity index (χ0n) is 18.1. The average molecular weight is 419 g/mol. The van der Waals surface area contributed by atoms with E-state index in [4.69, 9.17) is 21.2 Å². The minimum Gasteiger partial charge on any atom is -0.496 e. The van der Waals surface area contributed by atoms with Gasteiger partial charge in [0.1, 0.15) is 22.6 Å². The second kappa shape index (κ2) is 6.95. The van der Waals surface area contributed by atoms with Gasteiger partial charge in [0.2, 0.25) is 0 Å². The monoisotopic (exact) mass is 419 g/mol. The number of aliphatic hydroxyl groups is 1. The SMILES string of the molecule is COc1ccc(C)c(-n2c(N)c(C(N)=O)c3nc4ccc(C(C)(C)O)cc4nc32)c1C. The van der Waals surface area contributed by atoms with Crippen LogP contribution in [0.4, 0.5) is 5.82 Å². The van der Waals surface area contributed by atoms with Crippen LogP contribution in [0.3, 0.4) is 0 Å². The number of nitrogens with two attached hydrogens (primary N) is 2. The lowest BCUT2D eigenvalue weighted by Crippen LogP contribution is -2.15. The molecule has 1 amide bonds. The van der Waals surface area contributed by atoms with Crippen molar-refractivity contribution in [1.29, 1.82) is 0 Å². The Balaban J connectivity index is 2.16. The number of anilines is 1. The fraction of sp³-hybridized carbons (Fsp3) is 0.261. The molecule has 0 spiro atoms. The zero-order chi connectivity index (χ0) is 22.7. The third kappa shape index (κ3) is 3.16. The maximum Gasteiger partial charge on any atom is 0.254 e. The molecule has 0 aliphatic heterocycles. The largest absolute Gasteiger partial charge is 0.496 e. The number of carbonyl (C=O) groups is 1. The number of ether oxygens (including phenoxy) is 1. The van der Waals surface area contributed by atoms with Crippen LogP contribution in [0, 0.1) is 13.8 Å². The summed E-state index contributed by atoms with van der Waals surface area (Å²) in [6, 6.07) is 9.11. The van der Waals surface area contributed by atoms with Gasteiger partial charge in [-0.3, -0.25) is 9.36 Å². The molecule has 2 aromatic carbocycles. The summed E-state index contributed by atoms with van der Waals surface area (Å²) in [5.41, 5.74) is 16.3. The van der Waals surface area contributed by atoms with Gasteiger partial charge >= 0.3 is 0 Å². The first-order valence-corrected chi connectivity index (χ1v) is 9.83. The lowest BCUT2D eigenvalue weighted by atomic mass is 9.98. The van der Waals surface area contributed by atoms with E-state index in [0.717, 1.165) is 16.8 Å². The van der Waals surface area contributed by atoms with Crippen molar-refractivity contribution in [2.75, 3.05) is 12.8 Å². The second-order valence-corrected chi connectivity index (χ2v) is 8.18. The minimum atomic E-state index is -1.04. The lowest BCUT2D eigenvalue weighted by Gasteiger charge is -2.18. The molecule has 0 fully saturated rings. The highest BCUT2D eigenvalue weighted by molar-refractivity contribution is 6.10. The Bertz CT molecular complexity index is 1370. The number of rotatable bonds is 4. The molecule has 0 saturated carbocycles. The summed E-state index contributed by atoms with van der Waals surface area (Å²) < 4.78 is 7.18. The lowest BCUT2D eigenvalue weighted by molar-refractivity contribution is 0.0787. The molecule has 2 aromatic heterocycles. The highest BCUT2D eigenvalue weighted by atomic mass is 16.5. The smallest absolute Gasteiger partial charge is 0.254 e.